The summed E-state index contributed by atoms with van der Waals surface area (Å²) in [5.41, 5.74) is 0.544. The van der Waals surface area contributed by atoms with Crippen molar-refractivity contribution in [3.63, 3.8) is 0 Å². The first-order valence-corrected chi connectivity index (χ1v) is 10.3. The zero-order valence-corrected chi connectivity index (χ0v) is 15.0. The van der Waals surface area contributed by atoms with Crippen LogP contribution in [0.25, 0.3) is 0 Å². The van der Waals surface area contributed by atoms with Crippen molar-refractivity contribution in [3.05, 3.63) is 52.2 Å². The van der Waals surface area contributed by atoms with Gasteiger partial charge in [-0.2, -0.15) is 0 Å². The molecule has 1 aromatic heterocycles. The van der Waals surface area contributed by atoms with Crippen molar-refractivity contribution in [3.8, 4) is 5.75 Å². The molecule has 1 aliphatic heterocycles. The second kappa shape index (κ2) is 6.94. The van der Waals surface area contributed by atoms with Crippen molar-refractivity contribution in [2.75, 3.05) is 26.0 Å². The van der Waals surface area contributed by atoms with Crippen molar-refractivity contribution in [1.29, 1.82) is 0 Å². The third kappa shape index (κ3) is 3.47. The molecule has 3 rings (SSSR count). The number of hydrogen-bond donors (Lipinski definition) is 0. The van der Waals surface area contributed by atoms with Crippen LogP contribution >= 0.6 is 11.3 Å². The normalized spacial score (nSPS) is 20.4. The van der Waals surface area contributed by atoms with Gasteiger partial charge in [-0.05, 0) is 42.1 Å². The van der Waals surface area contributed by atoms with E-state index in [-0.39, 0.29) is 18.2 Å². The van der Waals surface area contributed by atoms with Crippen LogP contribution in [-0.2, 0) is 9.84 Å². The first-order valence-electron chi connectivity index (χ1n) is 7.69. The first kappa shape index (κ1) is 17.0. The predicted octanol–water partition coefficient (Wildman–Crippen LogP) is 2.76. The average Bonchev–Trinajstić information content (AvgIpc) is 3.06. The minimum atomic E-state index is -3.25. The molecule has 0 radical (unpaired) electrons. The molecule has 1 aromatic carbocycles. The summed E-state index contributed by atoms with van der Waals surface area (Å²) in [5.74, 6) is 0.541. The summed E-state index contributed by atoms with van der Waals surface area (Å²) in [7, 11) is -1.68. The number of carbonyl (C=O) groups excluding carboxylic acids is 1. The van der Waals surface area contributed by atoms with Gasteiger partial charge in [0.1, 0.15) is 5.75 Å². The number of methoxy groups -OCH3 is 1. The molecule has 0 saturated carbocycles. The zero-order valence-electron chi connectivity index (χ0n) is 13.3. The number of benzene rings is 1. The lowest BCUT2D eigenvalue weighted by Gasteiger charge is -2.20. The van der Waals surface area contributed by atoms with Crippen LogP contribution < -0.4 is 4.74 Å². The molecule has 1 fully saturated rings. The standard InChI is InChI=1S/C17H19NO4S2/c1-22-14-6-4-13(5-7-14)17(19)18-9-8-16(15-3-2-11-23-15)24(20,21)12-10-18/h2-7,11,16H,8-10,12H2,1H3. The fourth-order valence-corrected chi connectivity index (χ4v) is 5.86. The second-order valence-electron chi connectivity index (χ2n) is 5.68. The monoisotopic (exact) mass is 365 g/mol. The van der Waals surface area contributed by atoms with Gasteiger partial charge in [0.05, 0.1) is 18.1 Å². The van der Waals surface area contributed by atoms with E-state index in [2.05, 4.69) is 0 Å². The number of ether oxygens (including phenoxy) is 1. The van der Waals surface area contributed by atoms with E-state index in [1.807, 2.05) is 17.5 Å². The van der Waals surface area contributed by atoms with Gasteiger partial charge in [0.15, 0.2) is 9.84 Å². The molecule has 1 unspecified atom stereocenters. The van der Waals surface area contributed by atoms with E-state index in [1.54, 1.807) is 36.3 Å². The maximum absolute atomic E-state index is 12.6. The van der Waals surface area contributed by atoms with Gasteiger partial charge in [0, 0.05) is 23.5 Å². The molecular formula is C17H19NO4S2. The summed E-state index contributed by atoms with van der Waals surface area (Å²) in [4.78, 5) is 15.1. The molecule has 128 valence electrons. The van der Waals surface area contributed by atoms with E-state index in [0.717, 1.165) is 4.88 Å². The molecule has 24 heavy (non-hydrogen) atoms. The maximum atomic E-state index is 12.6. The van der Waals surface area contributed by atoms with Crippen LogP contribution in [0.5, 0.6) is 5.75 Å². The molecule has 1 saturated heterocycles. The van der Waals surface area contributed by atoms with Crippen LogP contribution in [0.3, 0.4) is 0 Å². The van der Waals surface area contributed by atoms with E-state index in [9.17, 15) is 13.2 Å². The number of rotatable bonds is 3. The first-order chi connectivity index (χ1) is 11.5. The molecule has 2 heterocycles. The van der Waals surface area contributed by atoms with Crippen LogP contribution in [0.15, 0.2) is 41.8 Å². The summed E-state index contributed by atoms with van der Waals surface area (Å²) >= 11 is 1.45. The van der Waals surface area contributed by atoms with Crippen LogP contribution in [0.4, 0.5) is 0 Å². The minimum Gasteiger partial charge on any atom is -0.497 e. The summed E-state index contributed by atoms with van der Waals surface area (Å²) in [5, 5.41) is 1.38. The molecule has 1 atom stereocenters. The summed E-state index contributed by atoms with van der Waals surface area (Å²) in [6, 6.07) is 10.6. The smallest absolute Gasteiger partial charge is 0.253 e. The van der Waals surface area contributed by atoms with Gasteiger partial charge >= 0.3 is 0 Å². The van der Waals surface area contributed by atoms with Crippen molar-refractivity contribution in [2.45, 2.75) is 11.7 Å². The highest BCUT2D eigenvalue weighted by Crippen LogP contribution is 2.32. The molecule has 5 nitrogen and oxygen atoms in total. The fraction of sp³-hybridized carbons (Fsp3) is 0.353. The van der Waals surface area contributed by atoms with E-state index in [0.29, 0.717) is 24.3 Å². The van der Waals surface area contributed by atoms with Gasteiger partial charge in [-0.1, -0.05) is 6.07 Å². The minimum absolute atomic E-state index is 0.00252. The molecular weight excluding hydrogens is 346 g/mol. The van der Waals surface area contributed by atoms with Gasteiger partial charge in [0.2, 0.25) is 0 Å². The number of nitrogens with zero attached hydrogens (tertiary/aromatic N) is 1. The fourth-order valence-electron chi connectivity index (χ4n) is 2.86. The molecule has 0 bridgehead atoms. The highest BCUT2D eigenvalue weighted by Gasteiger charge is 2.33. The number of amides is 1. The van der Waals surface area contributed by atoms with Crippen molar-refractivity contribution >= 4 is 27.1 Å². The van der Waals surface area contributed by atoms with Crippen LogP contribution in [0.1, 0.15) is 26.9 Å². The Morgan fingerprint density at radius 2 is 1.96 bits per heavy atom. The maximum Gasteiger partial charge on any atom is 0.253 e. The van der Waals surface area contributed by atoms with Crippen molar-refractivity contribution in [2.24, 2.45) is 0 Å². The summed E-state index contributed by atoms with van der Waals surface area (Å²) in [6.07, 6.45) is 0.435. The molecule has 1 amide bonds. The molecule has 0 aliphatic carbocycles. The quantitative estimate of drug-likeness (QED) is 0.839. The Morgan fingerprint density at radius 1 is 1.21 bits per heavy atom. The highest BCUT2D eigenvalue weighted by atomic mass is 32.2. The van der Waals surface area contributed by atoms with Crippen molar-refractivity contribution < 1.29 is 17.9 Å². The topological polar surface area (TPSA) is 63.7 Å². The number of thiophene rings is 1. The number of hydrogen-bond acceptors (Lipinski definition) is 5. The van der Waals surface area contributed by atoms with Crippen LogP contribution in [0, 0.1) is 0 Å². The highest BCUT2D eigenvalue weighted by molar-refractivity contribution is 7.91. The Bertz CT molecular complexity index is 798. The van der Waals surface area contributed by atoms with Crippen molar-refractivity contribution in [1.82, 2.24) is 4.90 Å². The largest absolute Gasteiger partial charge is 0.497 e. The second-order valence-corrected chi connectivity index (χ2v) is 8.96. The molecule has 2 aromatic rings. The Balaban J connectivity index is 1.78. The zero-order chi connectivity index (χ0) is 17.2. The van der Waals surface area contributed by atoms with Crippen LogP contribution in [0.2, 0.25) is 0 Å². The third-order valence-electron chi connectivity index (χ3n) is 4.23. The Labute approximate surface area is 145 Å². The summed E-state index contributed by atoms with van der Waals surface area (Å²) in [6.45, 7) is 0.668. The van der Waals surface area contributed by atoms with E-state index >= 15 is 0 Å². The van der Waals surface area contributed by atoms with Gasteiger partial charge < -0.3 is 9.64 Å². The lowest BCUT2D eigenvalue weighted by Crippen LogP contribution is -2.33. The lowest BCUT2D eigenvalue weighted by molar-refractivity contribution is 0.0766. The van der Waals surface area contributed by atoms with Gasteiger partial charge in [-0.15, -0.1) is 11.3 Å². The Kier molecular flexibility index (Phi) is 4.91. The lowest BCUT2D eigenvalue weighted by atomic mass is 10.1. The predicted molar refractivity (Wildman–Crippen MR) is 94.4 cm³/mol. The molecule has 0 N–H and O–H groups in total. The van der Waals surface area contributed by atoms with Gasteiger partial charge in [0.25, 0.3) is 5.91 Å². The van der Waals surface area contributed by atoms with Gasteiger partial charge in [-0.3, -0.25) is 4.79 Å². The Morgan fingerprint density at radius 3 is 2.58 bits per heavy atom. The van der Waals surface area contributed by atoms with E-state index in [1.165, 1.54) is 11.3 Å². The van der Waals surface area contributed by atoms with E-state index < -0.39 is 15.1 Å². The molecule has 0 spiro atoms. The van der Waals surface area contributed by atoms with Crippen LogP contribution in [-0.4, -0.2) is 45.2 Å². The number of sulfone groups is 1. The Hall–Kier alpha value is -1.86. The number of carbonyl (C=O) groups is 1. The van der Waals surface area contributed by atoms with E-state index in [4.69, 9.17) is 4.74 Å². The van der Waals surface area contributed by atoms with Gasteiger partial charge in [-0.25, -0.2) is 8.42 Å². The average molecular weight is 365 g/mol. The molecule has 7 heteroatoms. The third-order valence-corrected chi connectivity index (χ3v) is 7.47. The molecule has 1 aliphatic rings. The SMILES string of the molecule is COc1ccc(C(=O)N2CCC(c3cccs3)S(=O)(=O)CC2)cc1. The summed E-state index contributed by atoms with van der Waals surface area (Å²) < 4.78 is 30.2.